The molecule has 20 heavy (non-hydrogen) atoms. The van der Waals surface area contributed by atoms with Crippen molar-refractivity contribution in [2.45, 2.75) is 19.5 Å². The maximum Gasteiger partial charge on any atom is 0.239 e. The second-order valence-corrected chi connectivity index (χ2v) is 5.70. The molecule has 0 saturated heterocycles. The number of primary amides is 1. The lowest BCUT2D eigenvalue weighted by molar-refractivity contribution is -0.123. The fourth-order valence-electron chi connectivity index (χ4n) is 2.22. The molecule has 2 N–H and O–H groups in total. The van der Waals surface area contributed by atoms with Gasteiger partial charge in [0.05, 0.1) is 6.54 Å². The van der Waals surface area contributed by atoms with Gasteiger partial charge in [0.15, 0.2) is 0 Å². The molecule has 106 valence electrons. The van der Waals surface area contributed by atoms with E-state index in [1.165, 1.54) is 0 Å². The smallest absolute Gasteiger partial charge is 0.239 e. The van der Waals surface area contributed by atoms with Gasteiger partial charge in [-0.15, -0.1) is 0 Å². The van der Waals surface area contributed by atoms with Gasteiger partial charge in [0, 0.05) is 4.47 Å². The van der Waals surface area contributed by atoms with Crippen LogP contribution in [0.1, 0.15) is 23.1 Å². The molecule has 0 bridgehead atoms. The lowest BCUT2D eigenvalue weighted by Gasteiger charge is -2.25. The Balaban J connectivity index is 2.22. The highest BCUT2D eigenvalue weighted by atomic mass is 79.9. The number of furan rings is 1. The zero-order valence-corrected chi connectivity index (χ0v) is 13.1. The van der Waals surface area contributed by atoms with E-state index in [0.29, 0.717) is 6.54 Å². The van der Waals surface area contributed by atoms with Crippen LogP contribution in [0.5, 0.6) is 0 Å². The van der Waals surface area contributed by atoms with Crippen LogP contribution in [0.4, 0.5) is 0 Å². The summed E-state index contributed by atoms with van der Waals surface area (Å²) in [5, 5.41) is 0. The summed E-state index contributed by atoms with van der Waals surface area (Å²) in [6.07, 6.45) is 0. The molecular weight excluding hydrogens is 320 g/mol. The topological polar surface area (TPSA) is 59.5 Å². The van der Waals surface area contributed by atoms with Gasteiger partial charge in [-0.05, 0) is 43.8 Å². The number of carbonyl (C=O) groups excluding carboxylic acids is 1. The molecule has 0 radical (unpaired) electrons. The van der Waals surface area contributed by atoms with Crippen LogP contribution in [0.3, 0.4) is 0 Å². The summed E-state index contributed by atoms with van der Waals surface area (Å²) < 4.78 is 6.46. The Hall–Kier alpha value is -1.59. The molecule has 0 aliphatic heterocycles. The highest BCUT2D eigenvalue weighted by Gasteiger charge is 2.23. The molecule has 4 nitrogen and oxygen atoms in total. The summed E-state index contributed by atoms with van der Waals surface area (Å²) in [5.74, 6) is 1.28. The number of aryl methyl sites for hydroxylation is 1. The second kappa shape index (κ2) is 6.24. The minimum atomic E-state index is -0.488. The first-order valence-electron chi connectivity index (χ1n) is 6.27. The Kier molecular flexibility index (Phi) is 4.62. The summed E-state index contributed by atoms with van der Waals surface area (Å²) in [4.78, 5) is 13.7. The molecule has 1 heterocycles. The van der Waals surface area contributed by atoms with Gasteiger partial charge in [0.25, 0.3) is 0 Å². The molecular formula is C15H17BrN2O2. The zero-order valence-electron chi connectivity index (χ0n) is 11.5. The number of rotatable bonds is 5. The number of nitrogens with zero attached hydrogens (tertiary/aromatic N) is 1. The number of benzene rings is 1. The van der Waals surface area contributed by atoms with E-state index in [-0.39, 0.29) is 5.91 Å². The second-order valence-electron chi connectivity index (χ2n) is 4.79. The first-order chi connectivity index (χ1) is 9.47. The van der Waals surface area contributed by atoms with Crippen molar-refractivity contribution in [3.63, 3.8) is 0 Å². The van der Waals surface area contributed by atoms with Gasteiger partial charge in [-0.1, -0.05) is 28.1 Å². The molecule has 0 aliphatic rings. The van der Waals surface area contributed by atoms with Crippen LogP contribution in [0.25, 0.3) is 0 Å². The fourth-order valence-corrected chi connectivity index (χ4v) is 2.64. The number of hydrogen-bond acceptors (Lipinski definition) is 3. The van der Waals surface area contributed by atoms with E-state index >= 15 is 0 Å². The third-order valence-electron chi connectivity index (χ3n) is 3.08. The van der Waals surface area contributed by atoms with Crippen LogP contribution in [0.2, 0.25) is 0 Å². The quantitative estimate of drug-likeness (QED) is 0.912. The molecule has 0 aliphatic carbocycles. The van der Waals surface area contributed by atoms with Crippen molar-refractivity contribution in [1.29, 1.82) is 0 Å². The standard InChI is InChI=1S/C15H17BrN2O2/c1-10-6-7-13(20-10)9-18(2)14(15(17)19)11-4-3-5-12(16)8-11/h3-8,14H,9H2,1-2H3,(H2,17,19)/t14-/m0/s1. The van der Waals surface area contributed by atoms with Crippen molar-refractivity contribution in [3.05, 3.63) is 58.0 Å². The molecule has 0 unspecified atom stereocenters. The minimum absolute atomic E-state index is 0.381. The molecule has 0 saturated carbocycles. The van der Waals surface area contributed by atoms with Crippen LogP contribution < -0.4 is 5.73 Å². The third kappa shape index (κ3) is 3.49. The highest BCUT2D eigenvalue weighted by molar-refractivity contribution is 9.10. The SMILES string of the molecule is Cc1ccc(CN(C)[C@H](C(N)=O)c2cccc(Br)c2)o1. The molecule has 1 aromatic carbocycles. The van der Waals surface area contributed by atoms with E-state index in [1.54, 1.807) is 0 Å². The molecule has 0 spiro atoms. The predicted molar refractivity (Wildman–Crippen MR) is 81.0 cm³/mol. The van der Waals surface area contributed by atoms with Gasteiger partial charge in [0.2, 0.25) is 5.91 Å². The van der Waals surface area contributed by atoms with E-state index in [2.05, 4.69) is 15.9 Å². The Bertz CT molecular complexity index is 609. The molecule has 5 heteroatoms. The maximum atomic E-state index is 11.8. The number of nitrogens with two attached hydrogens (primary N) is 1. The predicted octanol–water partition coefficient (Wildman–Crippen LogP) is 3.01. The summed E-state index contributed by atoms with van der Waals surface area (Å²) >= 11 is 3.41. The third-order valence-corrected chi connectivity index (χ3v) is 3.57. The Labute approximate surface area is 126 Å². The van der Waals surface area contributed by atoms with Crippen LogP contribution >= 0.6 is 15.9 Å². The number of likely N-dealkylation sites (N-methyl/N-ethyl adjacent to an activating group) is 1. The molecule has 2 rings (SSSR count). The minimum Gasteiger partial charge on any atom is -0.465 e. The lowest BCUT2D eigenvalue weighted by atomic mass is 10.1. The van der Waals surface area contributed by atoms with Gasteiger partial charge >= 0.3 is 0 Å². The first kappa shape index (κ1) is 14.8. The van der Waals surface area contributed by atoms with Crippen molar-refractivity contribution < 1.29 is 9.21 Å². The van der Waals surface area contributed by atoms with Crippen LogP contribution in [-0.4, -0.2) is 17.9 Å². The Morgan fingerprint density at radius 1 is 1.40 bits per heavy atom. The summed E-state index contributed by atoms with van der Waals surface area (Å²) in [6, 6.07) is 10.9. The first-order valence-corrected chi connectivity index (χ1v) is 7.07. The van der Waals surface area contributed by atoms with E-state index in [9.17, 15) is 4.79 Å². The molecule has 2 aromatic rings. The van der Waals surface area contributed by atoms with Gasteiger partial charge in [-0.3, -0.25) is 9.69 Å². The molecule has 0 fully saturated rings. The van der Waals surface area contributed by atoms with E-state index in [0.717, 1.165) is 21.6 Å². The monoisotopic (exact) mass is 336 g/mol. The van der Waals surface area contributed by atoms with E-state index < -0.39 is 6.04 Å². The number of hydrogen-bond donors (Lipinski definition) is 1. The molecule has 1 atom stereocenters. The van der Waals surface area contributed by atoms with Crippen molar-refractivity contribution >= 4 is 21.8 Å². The highest BCUT2D eigenvalue weighted by Crippen LogP contribution is 2.24. The summed E-state index contributed by atoms with van der Waals surface area (Å²) in [5.41, 5.74) is 6.41. The van der Waals surface area contributed by atoms with E-state index in [1.807, 2.05) is 55.3 Å². The zero-order chi connectivity index (χ0) is 14.7. The van der Waals surface area contributed by atoms with Crippen LogP contribution in [0.15, 0.2) is 45.3 Å². The Morgan fingerprint density at radius 2 is 2.15 bits per heavy atom. The lowest BCUT2D eigenvalue weighted by Crippen LogP contribution is -2.34. The number of carbonyl (C=O) groups is 1. The van der Waals surface area contributed by atoms with Gasteiger partial charge in [0.1, 0.15) is 17.6 Å². The van der Waals surface area contributed by atoms with Crippen molar-refractivity contribution in [1.82, 2.24) is 4.90 Å². The molecule has 1 aromatic heterocycles. The van der Waals surface area contributed by atoms with Crippen LogP contribution in [0, 0.1) is 6.92 Å². The van der Waals surface area contributed by atoms with Gasteiger partial charge in [-0.2, -0.15) is 0 Å². The van der Waals surface area contributed by atoms with Crippen molar-refractivity contribution in [2.75, 3.05) is 7.05 Å². The van der Waals surface area contributed by atoms with Gasteiger partial charge in [-0.25, -0.2) is 0 Å². The summed E-state index contributed by atoms with van der Waals surface area (Å²) in [6.45, 7) is 2.41. The average Bonchev–Trinajstić information content (AvgIpc) is 2.74. The van der Waals surface area contributed by atoms with Gasteiger partial charge < -0.3 is 10.2 Å². The number of halogens is 1. The largest absolute Gasteiger partial charge is 0.465 e. The number of amides is 1. The van der Waals surface area contributed by atoms with Crippen molar-refractivity contribution in [2.24, 2.45) is 5.73 Å². The molecule has 1 amide bonds. The fraction of sp³-hybridized carbons (Fsp3) is 0.267. The normalized spacial score (nSPS) is 12.6. The summed E-state index contributed by atoms with van der Waals surface area (Å²) in [7, 11) is 1.86. The Morgan fingerprint density at radius 3 is 2.70 bits per heavy atom. The van der Waals surface area contributed by atoms with Crippen LogP contribution in [-0.2, 0) is 11.3 Å². The average molecular weight is 337 g/mol. The van der Waals surface area contributed by atoms with E-state index in [4.69, 9.17) is 10.2 Å². The maximum absolute atomic E-state index is 11.8. The van der Waals surface area contributed by atoms with Crippen molar-refractivity contribution in [3.8, 4) is 0 Å².